The highest BCUT2D eigenvalue weighted by Gasteiger charge is 2.10. The molecule has 3 nitrogen and oxygen atoms in total. The van der Waals surface area contributed by atoms with Crippen LogP contribution in [0.1, 0.15) is 16.8 Å². The highest BCUT2D eigenvalue weighted by atomic mass is 35.5. The zero-order valence-electron chi connectivity index (χ0n) is 11.7. The number of carbonyl (C=O) groups excluding carboxylic acids is 1. The number of hydrogen-bond donors (Lipinski definition) is 2. The summed E-state index contributed by atoms with van der Waals surface area (Å²) in [5.74, 6) is 0.0975. The molecule has 0 atom stereocenters. The molecule has 2 aromatic rings. The molecule has 116 valence electrons. The van der Waals surface area contributed by atoms with Gasteiger partial charge in [-0.2, -0.15) is 0 Å². The summed E-state index contributed by atoms with van der Waals surface area (Å²) in [4.78, 5) is 12.9. The quantitative estimate of drug-likeness (QED) is 0.615. The normalized spacial score (nSPS) is 10.5. The van der Waals surface area contributed by atoms with Crippen LogP contribution in [0.2, 0.25) is 5.02 Å². The standard InChI is InChI=1S/C16H15ClFNO2S/c17-11-2-7-15(20)14(10-11)16(21)19-8-1-9-22-13-5-3-12(18)4-6-13/h2-7,10,20H,1,8-9H2,(H,19,21). The van der Waals surface area contributed by atoms with Gasteiger partial charge >= 0.3 is 0 Å². The van der Waals surface area contributed by atoms with Gasteiger partial charge in [-0.05, 0) is 54.6 Å². The van der Waals surface area contributed by atoms with Crippen molar-refractivity contribution >= 4 is 29.3 Å². The monoisotopic (exact) mass is 339 g/mol. The van der Waals surface area contributed by atoms with Gasteiger partial charge in [0.1, 0.15) is 11.6 Å². The molecular formula is C16H15ClFNO2S. The van der Waals surface area contributed by atoms with Crippen LogP contribution in [0, 0.1) is 5.82 Å². The Bertz CT molecular complexity index is 649. The van der Waals surface area contributed by atoms with Crippen LogP contribution in [0.4, 0.5) is 4.39 Å². The molecule has 0 radical (unpaired) electrons. The van der Waals surface area contributed by atoms with E-state index in [0.717, 1.165) is 17.1 Å². The first-order valence-electron chi connectivity index (χ1n) is 6.71. The number of phenolic OH excluding ortho intramolecular Hbond substituents is 1. The number of aromatic hydroxyl groups is 1. The summed E-state index contributed by atoms with van der Waals surface area (Å²) in [6.45, 7) is 0.485. The summed E-state index contributed by atoms with van der Waals surface area (Å²) in [5.41, 5.74) is 0.165. The minimum atomic E-state index is -0.355. The molecule has 0 unspecified atom stereocenters. The minimum Gasteiger partial charge on any atom is -0.507 e. The van der Waals surface area contributed by atoms with Crippen molar-refractivity contribution in [2.24, 2.45) is 0 Å². The predicted octanol–water partition coefficient (Wildman–Crippen LogP) is 4.10. The third-order valence-corrected chi connectivity index (χ3v) is 4.23. The van der Waals surface area contributed by atoms with Crippen LogP contribution >= 0.6 is 23.4 Å². The Hall–Kier alpha value is -1.72. The van der Waals surface area contributed by atoms with Crippen molar-refractivity contribution in [1.29, 1.82) is 0 Å². The highest BCUT2D eigenvalue weighted by Crippen LogP contribution is 2.21. The van der Waals surface area contributed by atoms with Gasteiger partial charge in [0.2, 0.25) is 0 Å². The second-order valence-electron chi connectivity index (χ2n) is 4.57. The fourth-order valence-corrected chi connectivity index (χ4v) is 2.81. The van der Waals surface area contributed by atoms with Crippen molar-refractivity contribution in [1.82, 2.24) is 5.32 Å². The summed E-state index contributed by atoms with van der Waals surface area (Å²) in [6, 6.07) is 10.6. The molecule has 22 heavy (non-hydrogen) atoms. The first-order valence-corrected chi connectivity index (χ1v) is 8.08. The Labute approximate surface area is 137 Å². The number of amides is 1. The maximum absolute atomic E-state index is 12.8. The lowest BCUT2D eigenvalue weighted by molar-refractivity contribution is 0.0951. The van der Waals surface area contributed by atoms with Crippen LogP contribution in [0.15, 0.2) is 47.4 Å². The molecule has 0 heterocycles. The van der Waals surface area contributed by atoms with Crippen LogP contribution in [0.5, 0.6) is 5.75 Å². The third-order valence-electron chi connectivity index (χ3n) is 2.89. The smallest absolute Gasteiger partial charge is 0.255 e. The SMILES string of the molecule is O=C(NCCCSc1ccc(F)cc1)c1cc(Cl)ccc1O. The predicted molar refractivity (Wildman–Crippen MR) is 87.2 cm³/mol. The van der Waals surface area contributed by atoms with Crippen LogP contribution in [0.25, 0.3) is 0 Å². The molecule has 2 aromatic carbocycles. The Balaban J connectivity index is 1.73. The van der Waals surface area contributed by atoms with Gasteiger partial charge in [-0.25, -0.2) is 4.39 Å². The number of carbonyl (C=O) groups is 1. The molecule has 6 heteroatoms. The molecule has 2 N–H and O–H groups in total. The first-order chi connectivity index (χ1) is 10.6. The molecule has 0 aliphatic rings. The second kappa shape index (κ2) is 8.06. The summed E-state index contributed by atoms with van der Waals surface area (Å²) in [6.07, 6.45) is 0.759. The molecule has 0 aliphatic heterocycles. The average molecular weight is 340 g/mol. The van der Waals surface area contributed by atoms with Gasteiger partial charge in [-0.1, -0.05) is 11.6 Å². The molecule has 1 amide bonds. The molecule has 0 saturated carbocycles. The summed E-state index contributed by atoms with van der Waals surface area (Å²) in [5, 5.41) is 12.8. The molecular weight excluding hydrogens is 325 g/mol. The Morgan fingerprint density at radius 1 is 1.23 bits per heavy atom. The Morgan fingerprint density at radius 3 is 2.68 bits per heavy atom. The van der Waals surface area contributed by atoms with E-state index in [1.54, 1.807) is 23.9 Å². The lowest BCUT2D eigenvalue weighted by atomic mass is 10.2. The number of benzene rings is 2. The number of rotatable bonds is 6. The van der Waals surface area contributed by atoms with E-state index in [0.29, 0.717) is 11.6 Å². The van der Waals surface area contributed by atoms with E-state index in [-0.39, 0.29) is 23.0 Å². The minimum absolute atomic E-state index is 0.0948. The van der Waals surface area contributed by atoms with Gasteiger partial charge in [0.25, 0.3) is 5.91 Å². The Morgan fingerprint density at radius 2 is 1.95 bits per heavy atom. The molecule has 0 aliphatic carbocycles. The van der Waals surface area contributed by atoms with Gasteiger partial charge in [-0.3, -0.25) is 4.79 Å². The Kier molecular flexibility index (Phi) is 6.10. The van der Waals surface area contributed by atoms with Crippen LogP contribution in [0.3, 0.4) is 0 Å². The maximum Gasteiger partial charge on any atom is 0.255 e. The molecule has 0 aromatic heterocycles. The topological polar surface area (TPSA) is 49.3 Å². The van der Waals surface area contributed by atoms with Crippen molar-refractivity contribution < 1.29 is 14.3 Å². The van der Waals surface area contributed by atoms with Gasteiger partial charge in [0, 0.05) is 16.5 Å². The fraction of sp³-hybridized carbons (Fsp3) is 0.188. The van der Waals surface area contributed by atoms with Crippen molar-refractivity contribution in [3.05, 3.63) is 58.9 Å². The third kappa shape index (κ3) is 4.93. The van der Waals surface area contributed by atoms with E-state index < -0.39 is 0 Å². The molecule has 0 bridgehead atoms. The number of halogens is 2. The first kappa shape index (κ1) is 16.6. The molecule has 0 fully saturated rings. The fourth-order valence-electron chi connectivity index (χ4n) is 1.78. The van der Waals surface area contributed by atoms with Gasteiger partial charge < -0.3 is 10.4 Å². The lowest BCUT2D eigenvalue weighted by Gasteiger charge is -2.07. The second-order valence-corrected chi connectivity index (χ2v) is 6.18. The number of nitrogens with one attached hydrogen (secondary N) is 1. The van der Waals surface area contributed by atoms with Crippen LogP contribution in [-0.4, -0.2) is 23.3 Å². The van der Waals surface area contributed by atoms with E-state index in [1.807, 2.05) is 0 Å². The molecule has 2 rings (SSSR count). The highest BCUT2D eigenvalue weighted by molar-refractivity contribution is 7.99. The molecule has 0 saturated heterocycles. The van der Waals surface area contributed by atoms with Crippen molar-refractivity contribution in [3.8, 4) is 5.75 Å². The van der Waals surface area contributed by atoms with E-state index >= 15 is 0 Å². The summed E-state index contributed by atoms with van der Waals surface area (Å²) < 4.78 is 12.8. The van der Waals surface area contributed by atoms with E-state index in [9.17, 15) is 14.3 Å². The zero-order chi connectivity index (χ0) is 15.9. The van der Waals surface area contributed by atoms with Crippen molar-refractivity contribution in [3.63, 3.8) is 0 Å². The largest absolute Gasteiger partial charge is 0.507 e. The van der Waals surface area contributed by atoms with Gasteiger partial charge in [0.05, 0.1) is 5.56 Å². The zero-order valence-corrected chi connectivity index (χ0v) is 13.3. The van der Waals surface area contributed by atoms with Crippen molar-refractivity contribution in [2.75, 3.05) is 12.3 Å². The number of phenols is 1. The van der Waals surface area contributed by atoms with E-state index in [2.05, 4.69) is 5.32 Å². The van der Waals surface area contributed by atoms with Crippen LogP contribution < -0.4 is 5.32 Å². The van der Waals surface area contributed by atoms with Gasteiger partial charge in [-0.15, -0.1) is 11.8 Å². The van der Waals surface area contributed by atoms with Crippen LogP contribution in [-0.2, 0) is 0 Å². The number of hydrogen-bond acceptors (Lipinski definition) is 3. The van der Waals surface area contributed by atoms with E-state index in [4.69, 9.17) is 11.6 Å². The number of thioether (sulfide) groups is 1. The maximum atomic E-state index is 12.8. The van der Waals surface area contributed by atoms with Gasteiger partial charge in [0.15, 0.2) is 0 Å². The lowest BCUT2D eigenvalue weighted by Crippen LogP contribution is -2.24. The average Bonchev–Trinajstić information content (AvgIpc) is 2.51. The summed E-state index contributed by atoms with van der Waals surface area (Å²) in [7, 11) is 0. The van der Waals surface area contributed by atoms with Crippen molar-refractivity contribution in [2.45, 2.75) is 11.3 Å². The summed E-state index contributed by atoms with van der Waals surface area (Å²) >= 11 is 7.40. The van der Waals surface area contributed by atoms with E-state index in [1.165, 1.54) is 30.3 Å². The molecule has 0 spiro atoms.